The van der Waals surface area contributed by atoms with Crippen molar-refractivity contribution in [1.82, 2.24) is 29.7 Å². The van der Waals surface area contributed by atoms with Crippen LogP contribution in [0.15, 0.2) is 85.5 Å². The lowest BCUT2D eigenvalue weighted by molar-refractivity contribution is -0.145. The van der Waals surface area contributed by atoms with E-state index in [1.54, 1.807) is 54.6 Å². The zero-order chi connectivity index (χ0) is 35.0. The van der Waals surface area contributed by atoms with Gasteiger partial charge < -0.3 is 0 Å². The molecule has 7 rings (SSSR count). The quantitative estimate of drug-likeness (QED) is 0.138. The normalized spacial score (nSPS) is 13.8. The first-order valence-corrected chi connectivity index (χ1v) is 15.2. The number of nitrogens with zero attached hydrogens (tertiary/aromatic N) is 6. The zero-order valence-corrected chi connectivity index (χ0v) is 26.8. The fraction of sp³-hybridized carbons (Fsp3) is 0.0909. The largest absolute Gasteiger partial charge is 0.451 e. The third-order valence-corrected chi connectivity index (χ3v) is 8.34. The minimum Gasteiger partial charge on any atom is -0.270 e. The van der Waals surface area contributed by atoms with Crippen LogP contribution in [0.5, 0.6) is 0 Å². The van der Waals surface area contributed by atoms with Crippen molar-refractivity contribution in [1.29, 1.82) is 0 Å². The molecule has 3 aromatic heterocycles. The summed E-state index contributed by atoms with van der Waals surface area (Å²) in [5.41, 5.74) is 2.92. The average molecular weight is 726 g/mol. The molecule has 0 radical (unpaired) electrons. The molecule has 246 valence electrons. The minimum atomic E-state index is -4.65. The maximum atomic E-state index is 12.6. The first-order chi connectivity index (χ1) is 23.3. The molecule has 0 bridgehead atoms. The maximum Gasteiger partial charge on any atom is 0.451 e. The third-order valence-electron chi connectivity index (χ3n) is 7.45. The van der Waals surface area contributed by atoms with Gasteiger partial charge in [-0.05, 0) is 47.5 Å². The first kappa shape index (κ1) is 33.7. The van der Waals surface area contributed by atoms with Crippen molar-refractivity contribution in [3.05, 3.63) is 140 Å². The second-order valence-electron chi connectivity index (χ2n) is 10.5. The Morgan fingerprint density at radius 1 is 0.571 bits per heavy atom. The Morgan fingerprint density at radius 3 is 1.41 bits per heavy atom. The Labute approximate surface area is 290 Å². The molecule has 16 heteroatoms. The van der Waals surface area contributed by atoms with Crippen molar-refractivity contribution in [2.45, 2.75) is 19.3 Å². The third kappa shape index (κ3) is 6.73. The van der Waals surface area contributed by atoms with Crippen LogP contribution in [0.2, 0.25) is 15.2 Å². The molecule has 2 aromatic carbocycles. The van der Waals surface area contributed by atoms with Crippen LogP contribution in [0.25, 0.3) is 11.3 Å². The lowest BCUT2D eigenvalue weighted by Crippen LogP contribution is -2.29. The molecule has 0 atom stereocenters. The van der Waals surface area contributed by atoms with Gasteiger partial charge in [-0.3, -0.25) is 34.0 Å². The van der Waals surface area contributed by atoms with Crippen molar-refractivity contribution < 1.29 is 32.3 Å². The number of benzene rings is 2. The van der Waals surface area contributed by atoms with Gasteiger partial charge in [-0.2, -0.15) is 13.2 Å². The van der Waals surface area contributed by atoms with Gasteiger partial charge in [0.15, 0.2) is 0 Å². The molecule has 0 spiro atoms. The molecule has 0 saturated heterocycles. The lowest BCUT2D eigenvalue weighted by atomic mass is 10.1. The summed E-state index contributed by atoms with van der Waals surface area (Å²) in [6.45, 7) is -0.0321. The fourth-order valence-corrected chi connectivity index (χ4v) is 5.55. The minimum absolute atomic E-state index is 0.0768. The molecule has 2 aliphatic heterocycles. The van der Waals surface area contributed by atoms with Crippen molar-refractivity contribution in [3.63, 3.8) is 0 Å². The van der Waals surface area contributed by atoms with Crippen LogP contribution >= 0.6 is 34.8 Å². The number of carbonyl (C=O) groups excluding carboxylic acids is 4. The van der Waals surface area contributed by atoms with Crippen molar-refractivity contribution in [2.75, 3.05) is 0 Å². The van der Waals surface area contributed by atoms with Gasteiger partial charge in [0, 0.05) is 30.4 Å². The summed E-state index contributed by atoms with van der Waals surface area (Å²) in [6, 6.07) is 16.2. The first-order valence-electron chi connectivity index (χ1n) is 14.1. The van der Waals surface area contributed by atoms with Crippen LogP contribution in [0.1, 0.15) is 58.4 Å². The van der Waals surface area contributed by atoms with Crippen molar-refractivity contribution in [3.8, 4) is 11.3 Å². The van der Waals surface area contributed by atoms with Crippen LogP contribution in [-0.2, 0) is 19.3 Å². The molecule has 4 amide bonds. The molecule has 0 aliphatic carbocycles. The average Bonchev–Trinajstić information content (AvgIpc) is 3.47. The summed E-state index contributed by atoms with van der Waals surface area (Å²) in [5.74, 6) is -2.80. The molecule has 5 heterocycles. The van der Waals surface area contributed by atoms with E-state index in [0.29, 0.717) is 38.4 Å². The predicted molar refractivity (Wildman–Crippen MR) is 171 cm³/mol. The highest BCUT2D eigenvalue weighted by Gasteiger charge is 2.37. The van der Waals surface area contributed by atoms with Gasteiger partial charge in [0.25, 0.3) is 23.6 Å². The van der Waals surface area contributed by atoms with E-state index in [1.807, 2.05) is 0 Å². The number of amides is 4. The summed E-state index contributed by atoms with van der Waals surface area (Å²) in [4.78, 5) is 66.2. The van der Waals surface area contributed by atoms with E-state index < -0.39 is 23.8 Å². The molecule has 0 fully saturated rings. The van der Waals surface area contributed by atoms with Crippen LogP contribution in [0.3, 0.4) is 0 Å². The van der Waals surface area contributed by atoms with Gasteiger partial charge in [-0.15, -0.1) is 0 Å². The summed E-state index contributed by atoms with van der Waals surface area (Å²) < 4.78 is 37.9. The standard InChI is InChI=1S/C19H10ClF3N4O2.C14H8Cl2N2O2/c20-14-8-24-15(11-6-25-18(26-7-11)19(21,22)23)5-10(14)9-27-16(28)12-3-1-2-4-13(12)17(27)29;15-11-6-17-12(16)5-8(11)7-18-13(19)9-3-1-2-4-10(9)14(18)20/h1-8H,9H2;1-6H,7H2. The van der Waals surface area contributed by atoms with E-state index in [1.165, 1.54) is 18.5 Å². The smallest absolute Gasteiger partial charge is 0.270 e. The number of alkyl halides is 3. The zero-order valence-electron chi connectivity index (χ0n) is 24.6. The van der Waals surface area contributed by atoms with Gasteiger partial charge in [-0.1, -0.05) is 59.1 Å². The van der Waals surface area contributed by atoms with Gasteiger partial charge >= 0.3 is 6.18 Å². The van der Waals surface area contributed by atoms with Crippen LogP contribution in [-0.4, -0.2) is 53.4 Å². The van der Waals surface area contributed by atoms with Gasteiger partial charge in [0.05, 0.1) is 51.1 Å². The van der Waals surface area contributed by atoms with E-state index in [9.17, 15) is 32.3 Å². The topological polar surface area (TPSA) is 126 Å². The van der Waals surface area contributed by atoms with Crippen LogP contribution in [0.4, 0.5) is 13.2 Å². The number of aromatic nitrogens is 4. The summed E-state index contributed by atoms with van der Waals surface area (Å²) >= 11 is 18.0. The van der Waals surface area contributed by atoms with E-state index >= 15 is 0 Å². The Bertz CT molecular complexity index is 2100. The van der Waals surface area contributed by atoms with E-state index in [2.05, 4.69) is 19.9 Å². The van der Waals surface area contributed by atoms with Crippen molar-refractivity contribution in [2.24, 2.45) is 0 Å². The summed E-state index contributed by atoms with van der Waals surface area (Å²) in [7, 11) is 0. The fourth-order valence-electron chi connectivity index (χ4n) is 5.04. The number of hydrogen-bond acceptors (Lipinski definition) is 8. The monoisotopic (exact) mass is 724 g/mol. The Kier molecular flexibility index (Phi) is 9.16. The Morgan fingerprint density at radius 2 is 0.980 bits per heavy atom. The predicted octanol–water partition coefficient (Wildman–Crippen LogP) is 7.19. The summed E-state index contributed by atoms with van der Waals surface area (Å²) in [6.07, 6.45) is 0.0394. The van der Waals surface area contributed by atoms with Gasteiger partial charge in [0.2, 0.25) is 5.82 Å². The summed E-state index contributed by atoms with van der Waals surface area (Å²) in [5, 5.41) is 0.838. The van der Waals surface area contributed by atoms with Crippen LogP contribution in [0, 0.1) is 0 Å². The van der Waals surface area contributed by atoms with E-state index in [0.717, 1.165) is 22.2 Å². The number of carbonyl (C=O) groups is 4. The number of pyridine rings is 2. The van der Waals surface area contributed by atoms with Gasteiger partial charge in [0.1, 0.15) is 5.15 Å². The highest BCUT2D eigenvalue weighted by atomic mass is 35.5. The van der Waals surface area contributed by atoms with Crippen molar-refractivity contribution >= 4 is 58.4 Å². The van der Waals surface area contributed by atoms with E-state index in [4.69, 9.17) is 34.8 Å². The number of hydrogen-bond donors (Lipinski definition) is 0. The second kappa shape index (κ2) is 13.3. The molecular formula is C33H18Cl3F3N6O4. The number of halogens is 6. The molecule has 0 saturated carbocycles. The Balaban J connectivity index is 0.000000182. The molecule has 0 N–H and O–H groups in total. The SMILES string of the molecule is O=C1c2ccccc2C(=O)N1Cc1cc(-c2cnc(C(F)(F)F)nc2)ncc1Cl.O=C1c2ccccc2C(=O)N1Cc1cc(Cl)ncc1Cl. The second-order valence-corrected chi connectivity index (χ2v) is 11.7. The molecular weight excluding hydrogens is 708 g/mol. The maximum absolute atomic E-state index is 12.6. The lowest BCUT2D eigenvalue weighted by Gasteiger charge is -2.15. The highest BCUT2D eigenvalue weighted by molar-refractivity contribution is 6.33. The number of imide groups is 2. The Hall–Kier alpha value is -5.24. The van der Waals surface area contributed by atoms with Gasteiger partial charge in [-0.25, -0.2) is 15.0 Å². The molecule has 0 unspecified atom stereocenters. The van der Waals surface area contributed by atoms with E-state index in [-0.39, 0.29) is 46.3 Å². The van der Waals surface area contributed by atoms with Crippen LogP contribution < -0.4 is 0 Å². The molecule has 10 nitrogen and oxygen atoms in total. The molecule has 49 heavy (non-hydrogen) atoms. The number of rotatable bonds is 5. The highest BCUT2D eigenvalue weighted by Crippen LogP contribution is 2.30. The molecule has 5 aromatic rings. The number of fused-ring (bicyclic) bond motifs is 2. The molecule has 2 aliphatic rings.